The standard InChI is InChI=1S/C16H21N3O.3CHO.Re/c1-2-20-12-11-19(13-15-7-3-5-9-17-15)14-16-8-4-6-10-18-16;3*1-2;/h3-10H,2,11-14H2,1H3;3*1H;/q;3*-1;. The summed E-state index contributed by atoms with van der Waals surface area (Å²) < 4.78 is 5.46. The molecule has 0 saturated heterocycles. The van der Waals surface area contributed by atoms with Gasteiger partial charge >= 0.3 is 0 Å². The zero-order valence-corrected chi connectivity index (χ0v) is 18.0. The number of hydrogen-bond acceptors (Lipinski definition) is 7. The van der Waals surface area contributed by atoms with Crippen molar-refractivity contribution in [1.82, 2.24) is 14.9 Å². The molecule has 0 spiro atoms. The molecule has 0 amide bonds. The van der Waals surface area contributed by atoms with E-state index in [4.69, 9.17) is 19.1 Å². The van der Waals surface area contributed by atoms with E-state index in [0.717, 1.165) is 44.2 Å². The summed E-state index contributed by atoms with van der Waals surface area (Å²) in [6.07, 6.45) is 3.66. The van der Waals surface area contributed by atoms with Gasteiger partial charge in [0.25, 0.3) is 0 Å². The minimum Gasteiger partial charge on any atom is -0.545 e. The molecule has 0 unspecified atom stereocenters. The maximum atomic E-state index is 7.75. The zero-order chi connectivity index (χ0) is 20.0. The Labute approximate surface area is 174 Å². The fraction of sp³-hybridized carbons (Fsp3) is 0.316. The quantitative estimate of drug-likeness (QED) is 0.284. The molecule has 2 rings (SSSR count). The zero-order valence-electron chi connectivity index (χ0n) is 15.2. The summed E-state index contributed by atoms with van der Waals surface area (Å²) in [5, 5.41) is 0. The number of pyridine rings is 2. The first-order valence-corrected chi connectivity index (χ1v) is 7.69. The van der Waals surface area contributed by atoms with Gasteiger partial charge in [-0.05, 0) is 31.2 Å². The van der Waals surface area contributed by atoms with E-state index in [0.29, 0.717) is 0 Å². The fourth-order valence-electron chi connectivity index (χ4n) is 1.99. The second-order valence-electron chi connectivity index (χ2n) is 4.55. The van der Waals surface area contributed by atoms with E-state index >= 15 is 0 Å². The Morgan fingerprint density at radius 2 is 1.30 bits per heavy atom. The Balaban J connectivity index is -0.000000749. The van der Waals surface area contributed by atoms with Crippen LogP contribution in [0.5, 0.6) is 0 Å². The van der Waals surface area contributed by atoms with E-state index < -0.39 is 0 Å². The number of rotatable bonds is 8. The Morgan fingerprint density at radius 1 is 0.852 bits per heavy atom. The molecule has 0 aliphatic heterocycles. The molecule has 7 nitrogen and oxygen atoms in total. The van der Waals surface area contributed by atoms with Crippen molar-refractivity contribution in [3.05, 3.63) is 60.2 Å². The van der Waals surface area contributed by atoms with Crippen molar-refractivity contribution in [1.29, 1.82) is 0 Å². The van der Waals surface area contributed by atoms with Gasteiger partial charge < -0.3 is 19.1 Å². The van der Waals surface area contributed by atoms with Gasteiger partial charge in [0.2, 0.25) is 0 Å². The molecule has 2 aromatic heterocycles. The van der Waals surface area contributed by atoms with Gasteiger partial charge in [-0.3, -0.25) is 35.2 Å². The molecule has 2 heterocycles. The number of carbonyl (C=O) groups excluding carboxylic acids is 3. The Bertz CT molecular complexity index is 489. The molecular formula is C19H24N3O4Re-3. The van der Waals surface area contributed by atoms with Crippen molar-refractivity contribution >= 4 is 20.4 Å². The van der Waals surface area contributed by atoms with Gasteiger partial charge in [-0.1, -0.05) is 12.1 Å². The van der Waals surface area contributed by atoms with Gasteiger partial charge in [0.15, 0.2) is 0 Å². The minimum absolute atomic E-state index is 0. The van der Waals surface area contributed by atoms with Crippen LogP contribution in [0.25, 0.3) is 0 Å². The van der Waals surface area contributed by atoms with Gasteiger partial charge in [-0.15, -0.1) is 0 Å². The number of ether oxygens (including phenoxy) is 1. The van der Waals surface area contributed by atoms with Crippen molar-refractivity contribution in [3.63, 3.8) is 0 Å². The van der Waals surface area contributed by atoms with Gasteiger partial charge in [-0.2, -0.15) is 0 Å². The summed E-state index contributed by atoms with van der Waals surface area (Å²) in [5.41, 5.74) is 2.14. The third-order valence-electron chi connectivity index (χ3n) is 2.98. The maximum Gasteiger partial charge on any atom is 0.0593 e. The number of nitrogens with zero attached hydrogens (tertiary/aromatic N) is 3. The topological polar surface area (TPSA) is 89.5 Å². The normalized spacial score (nSPS) is 8.52. The van der Waals surface area contributed by atoms with Crippen LogP contribution in [0.3, 0.4) is 0 Å². The van der Waals surface area contributed by atoms with Gasteiger partial charge in [0, 0.05) is 59.1 Å². The monoisotopic (exact) mass is 545 g/mol. The molecule has 1 radical (unpaired) electrons. The third kappa shape index (κ3) is 15.8. The van der Waals surface area contributed by atoms with Gasteiger partial charge in [0.05, 0.1) is 18.0 Å². The van der Waals surface area contributed by atoms with Crippen molar-refractivity contribution in [2.45, 2.75) is 20.0 Å². The average Bonchev–Trinajstić information content (AvgIpc) is 2.74. The summed E-state index contributed by atoms with van der Waals surface area (Å²) in [4.78, 5) is 34.3. The molecule has 0 N–H and O–H groups in total. The summed E-state index contributed by atoms with van der Waals surface area (Å²) in [5.74, 6) is 0. The van der Waals surface area contributed by atoms with Crippen LogP contribution in [0.1, 0.15) is 18.3 Å². The van der Waals surface area contributed by atoms with Crippen LogP contribution in [0.4, 0.5) is 0 Å². The van der Waals surface area contributed by atoms with E-state index in [2.05, 4.69) is 35.2 Å². The van der Waals surface area contributed by atoms with Crippen molar-refractivity contribution < 1.29 is 39.5 Å². The SMILES string of the molecule is CCOCCN(Cc1ccccn1)Cc1ccccn1.[CH-]=O.[CH-]=O.[CH-]=O.[Re]. The van der Waals surface area contributed by atoms with E-state index in [-0.39, 0.29) is 20.4 Å². The Kier molecular flexibility index (Phi) is 26.2. The Morgan fingerprint density at radius 3 is 1.63 bits per heavy atom. The van der Waals surface area contributed by atoms with Crippen LogP contribution >= 0.6 is 0 Å². The molecule has 0 atom stereocenters. The van der Waals surface area contributed by atoms with E-state index in [9.17, 15) is 0 Å². The van der Waals surface area contributed by atoms with Crippen LogP contribution in [-0.4, -0.2) is 55.0 Å². The summed E-state index contributed by atoms with van der Waals surface area (Å²) in [6, 6.07) is 12.0. The second kappa shape index (κ2) is 23.9. The second-order valence-corrected chi connectivity index (χ2v) is 4.55. The maximum absolute atomic E-state index is 7.75. The number of aromatic nitrogens is 2. The third-order valence-corrected chi connectivity index (χ3v) is 2.98. The van der Waals surface area contributed by atoms with Crippen molar-refractivity contribution in [2.24, 2.45) is 0 Å². The predicted octanol–water partition coefficient (Wildman–Crippen LogP) is 1.69. The van der Waals surface area contributed by atoms with Crippen LogP contribution in [-0.2, 0) is 52.6 Å². The first-order valence-electron chi connectivity index (χ1n) is 7.69. The molecule has 0 aromatic carbocycles. The Hall–Kier alpha value is -2.11. The molecule has 0 saturated carbocycles. The van der Waals surface area contributed by atoms with Crippen LogP contribution in [0, 0.1) is 0 Å². The molecule has 27 heavy (non-hydrogen) atoms. The van der Waals surface area contributed by atoms with E-state index in [1.54, 1.807) is 0 Å². The molecule has 0 aliphatic rings. The first-order chi connectivity index (χ1) is 12.9. The molecule has 0 aliphatic carbocycles. The van der Waals surface area contributed by atoms with Crippen LogP contribution in [0.2, 0.25) is 0 Å². The molecule has 0 bridgehead atoms. The first kappa shape index (κ1) is 29.6. The fourth-order valence-corrected chi connectivity index (χ4v) is 1.99. The number of hydrogen-bond donors (Lipinski definition) is 0. The smallest absolute Gasteiger partial charge is 0.0593 e. The molecule has 2 aromatic rings. The van der Waals surface area contributed by atoms with Crippen molar-refractivity contribution in [2.75, 3.05) is 19.8 Å². The summed E-state index contributed by atoms with van der Waals surface area (Å²) >= 11 is 0. The van der Waals surface area contributed by atoms with Crippen molar-refractivity contribution in [3.8, 4) is 0 Å². The van der Waals surface area contributed by atoms with E-state index in [1.807, 2.05) is 55.7 Å². The molecule has 8 heteroatoms. The average molecular weight is 545 g/mol. The van der Waals surface area contributed by atoms with Gasteiger partial charge in [0.1, 0.15) is 0 Å². The predicted molar refractivity (Wildman–Crippen MR) is 99.3 cm³/mol. The minimum atomic E-state index is 0. The largest absolute Gasteiger partial charge is 0.545 e. The molecular weight excluding hydrogens is 520 g/mol. The summed E-state index contributed by atoms with van der Waals surface area (Å²) in [7, 11) is 0. The van der Waals surface area contributed by atoms with Crippen LogP contribution in [0.15, 0.2) is 48.8 Å². The molecule has 149 valence electrons. The summed E-state index contributed by atoms with van der Waals surface area (Å²) in [6.45, 7) is 15.7. The van der Waals surface area contributed by atoms with E-state index in [1.165, 1.54) is 0 Å². The van der Waals surface area contributed by atoms with Gasteiger partial charge in [-0.25, -0.2) is 0 Å². The molecule has 0 fully saturated rings. The van der Waals surface area contributed by atoms with Crippen LogP contribution < -0.4 is 0 Å².